The summed E-state index contributed by atoms with van der Waals surface area (Å²) in [5.41, 5.74) is 6.43. The van der Waals surface area contributed by atoms with Crippen molar-refractivity contribution < 1.29 is 13.9 Å². The number of nitrogens with one attached hydrogen (secondary N) is 1. The summed E-state index contributed by atoms with van der Waals surface area (Å²) in [5.74, 6) is -0.300. The van der Waals surface area contributed by atoms with Gasteiger partial charge in [-0.25, -0.2) is 4.39 Å². The van der Waals surface area contributed by atoms with E-state index < -0.39 is 0 Å². The Morgan fingerprint density at radius 2 is 2.32 bits per heavy atom. The van der Waals surface area contributed by atoms with Gasteiger partial charge in [0.25, 0.3) is 5.91 Å². The van der Waals surface area contributed by atoms with E-state index in [1.165, 1.54) is 18.2 Å². The molecule has 1 saturated carbocycles. The molecule has 4 atom stereocenters. The molecular formula is C13H14BrFN2O2. The molecule has 1 aromatic carbocycles. The van der Waals surface area contributed by atoms with E-state index >= 15 is 0 Å². The van der Waals surface area contributed by atoms with Crippen LogP contribution in [0.1, 0.15) is 16.8 Å². The lowest BCUT2D eigenvalue weighted by molar-refractivity contribution is -0.0161. The highest BCUT2D eigenvalue weighted by molar-refractivity contribution is 9.10. The average Bonchev–Trinajstić information content (AvgIpc) is 2.80. The van der Waals surface area contributed by atoms with Gasteiger partial charge in [-0.2, -0.15) is 0 Å². The fourth-order valence-electron chi connectivity index (χ4n) is 2.83. The quantitative estimate of drug-likeness (QED) is 0.863. The van der Waals surface area contributed by atoms with Crippen molar-refractivity contribution >= 4 is 21.8 Å². The number of hydrogen-bond acceptors (Lipinski definition) is 3. The number of rotatable bonds is 2. The van der Waals surface area contributed by atoms with Crippen LogP contribution in [0.25, 0.3) is 0 Å². The first-order valence-electron chi connectivity index (χ1n) is 6.21. The highest BCUT2D eigenvalue weighted by Gasteiger charge is 2.52. The zero-order valence-electron chi connectivity index (χ0n) is 10.1. The molecule has 0 aromatic heterocycles. The van der Waals surface area contributed by atoms with E-state index in [0.29, 0.717) is 22.6 Å². The SMILES string of the molecule is NC1C2CCOC2C1NC(=O)c1ccc(F)cc1Br. The van der Waals surface area contributed by atoms with Crippen LogP contribution < -0.4 is 11.1 Å². The van der Waals surface area contributed by atoms with Gasteiger partial charge in [-0.15, -0.1) is 0 Å². The van der Waals surface area contributed by atoms with Crippen LogP contribution in [0.15, 0.2) is 22.7 Å². The number of carbonyl (C=O) groups is 1. The molecule has 1 heterocycles. The zero-order chi connectivity index (χ0) is 13.6. The maximum atomic E-state index is 13.0. The fourth-order valence-corrected chi connectivity index (χ4v) is 3.36. The smallest absolute Gasteiger partial charge is 0.252 e. The molecule has 102 valence electrons. The van der Waals surface area contributed by atoms with Gasteiger partial charge in [-0.3, -0.25) is 4.79 Å². The lowest BCUT2D eigenvalue weighted by Gasteiger charge is -2.45. The number of amides is 1. The van der Waals surface area contributed by atoms with E-state index in [-0.39, 0.29) is 29.9 Å². The molecule has 0 bridgehead atoms. The first kappa shape index (κ1) is 13.0. The third-order valence-corrected chi connectivity index (χ3v) is 4.58. The molecule has 4 nitrogen and oxygen atoms in total. The highest BCUT2D eigenvalue weighted by atomic mass is 79.9. The molecular weight excluding hydrogens is 315 g/mol. The van der Waals surface area contributed by atoms with Gasteiger partial charge in [-0.1, -0.05) is 0 Å². The van der Waals surface area contributed by atoms with Crippen molar-refractivity contribution in [3.8, 4) is 0 Å². The van der Waals surface area contributed by atoms with E-state index in [4.69, 9.17) is 10.5 Å². The van der Waals surface area contributed by atoms with Crippen molar-refractivity contribution in [2.24, 2.45) is 11.7 Å². The number of nitrogens with two attached hydrogens (primary N) is 1. The number of halogens is 2. The van der Waals surface area contributed by atoms with E-state index in [2.05, 4.69) is 21.2 Å². The summed E-state index contributed by atoms with van der Waals surface area (Å²) in [5, 5.41) is 2.87. The molecule has 1 amide bonds. The maximum absolute atomic E-state index is 13.0. The van der Waals surface area contributed by atoms with Crippen LogP contribution in [-0.2, 0) is 4.74 Å². The summed E-state index contributed by atoms with van der Waals surface area (Å²) in [6, 6.07) is 3.76. The van der Waals surface area contributed by atoms with Gasteiger partial charge in [0.05, 0.1) is 17.7 Å². The highest BCUT2D eigenvalue weighted by Crippen LogP contribution is 2.37. The molecule has 4 unspecified atom stereocenters. The van der Waals surface area contributed by atoms with E-state index in [1.807, 2.05) is 0 Å². The molecule has 2 aliphatic rings. The topological polar surface area (TPSA) is 64.3 Å². The third-order valence-electron chi connectivity index (χ3n) is 3.92. The van der Waals surface area contributed by atoms with Crippen molar-refractivity contribution in [3.05, 3.63) is 34.1 Å². The summed E-state index contributed by atoms with van der Waals surface area (Å²) in [6.07, 6.45) is 0.983. The average molecular weight is 329 g/mol. The lowest BCUT2D eigenvalue weighted by atomic mass is 9.72. The van der Waals surface area contributed by atoms with Crippen molar-refractivity contribution in [1.82, 2.24) is 5.32 Å². The fraction of sp³-hybridized carbons (Fsp3) is 0.462. The van der Waals surface area contributed by atoms with Gasteiger partial charge < -0.3 is 15.8 Å². The predicted molar refractivity (Wildman–Crippen MR) is 71.2 cm³/mol. The Balaban J connectivity index is 1.71. The summed E-state index contributed by atoms with van der Waals surface area (Å²) in [6.45, 7) is 0.704. The molecule has 1 aromatic rings. The Morgan fingerprint density at radius 3 is 3.05 bits per heavy atom. The molecule has 3 N–H and O–H groups in total. The molecule has 3 rings (SSSR count). The first-order chi connectivity index (χ1) is 9.08. The van der Waals surface area contributed by atoms with Gasteiger partial charge in [0.1, 0.15) is 5.82 Å². The van der Waals surface area contributed by atoms with Gasteiger partial charge in [0.15, 0.2) is 0 Å². The van der Waals surface area contributed by atoms with Gasteiger partial charge in [0.2, 0.25) is 0 Å². The largest absolute Gasteiger partial charge is 0.376 e. The Labute approximate surface area is 118 Å². The van der Waals surface area contributed by atoms with E-state index in [1.54, 1.807) is 0 Å². The summed E-state index contributed by atoms with van der Waals surface area (Å²) in [4.78, 5) is 12.1. The van der Waals surface area contributed by atoms with Crippen LogP contribution >= 0.6 is 15.9 Å². The minimum Gasteiger partial charge on any atom is -0.376 e. The Kier molecular flexibility index (Phi) is 3.32. The van der Waals surface area contributed by atoms with Crippen LogP contribution in [0.3, 0.4) is 0 Å². The van der Waals surface area contributed by atoms with Crippen molar-refractivity contribution in [3.63, 3.8) is 0 Å². The van der Waals surface area contributed by atoms with Crippen LogP contribution in [0.2, 0.25) is 0 Å². The van der Waals surface area contributed by atoms with Crippen molar-refractivity contribution in [2.45, 2.75) is 24.6 Å². The molecule has 1 aliphatic carbocycles. The number of benzene rings is 1. The molecule has 1 saturated heterocycles. The minimum absolute atomic E-state index is 0.0261. The van der Waals surface area contributed by atoms with E-state index in [9.17, 15) is 9.18 Å². The van der Waals surface area contributed by atoms with Crippen LogP contribution in [0.5, 0.6) is 0 Å². The Hall–Kier alpha value is -0.980. The Morgan fingerprint density at radius 1 is 1.53 bits per heavy atom. The number of ether oxygens (including phenoxy) is 1. The number of carbonyl (C=O) groups excluding carboxylic acids is 1. The summed E-state index contributed by atoms with van der Waals surface area (Å²) in [7, 11) is 0. The van der Waals surface area contributed by atoms with Crippen molar-refractivity contribution in [2.75, 3.05) is 6.61 Å². The molecule has 2 fully saturated rings. The molecule has 0 spiro atoms. The Bertz CT molecular complexity index is 525. The third kappa shape index (κ3) is 2.17. The second kappa shape index (κ2) is 4.85. The molecule has 6 heteroatoms. The van der Waals surface area contributed by atoms with Gasteiger partial charge in [0, 0.05) is 23.0 Å². The molecule has 19 heavy (non-hydrogen) atoms. The number of fused-ring (bicyclic) bond motifs is 1. The van der Waals surface area contributed by atoms with Crippen LogP contribution in [-0.4, -0.2) is 30.7 Å². The predicted octanol–water partition coefficient (Wildman–Crippen LogP) is 1.43. The minimum atomic E-state index is -0.386. The second-order valence-electron chi connectivity index (χ2n) is 4.99. The number of hydrogen-bond donors (Lipinski definition) is 2. The van der Waals surface area contributed by atoms with Crippen LogP contribution in [0.4, 0.5) is 4.39 Å². The molecule has 1 aliphatic heterocycles. The maximum Gasteiger partial charge on any atom is 0.252 e. The monoisotopic (exact) mass is 328 g/mol. The molecule has 0 radical (unpaired) electrons. The summed E-state index contributed by atoms with van der Waals surface area (Å²) < 4.78 is 19.0. The zero-order valence-corrected chi connectivity index (χ0v) is 11.7. The van der Waals surface area contributed by atoms with Crippen LogP contribution in [0, 0.1) is 11.7 Å². The van der Waals surface area contributed by atoms with Gasteiger partial charge >= 0.3 is 0 Å². The normalized spacial score (nSPS) is 32.6. The van der Waals surface area contributed by atoms with Crippen molar-refractivity contribution in [1.29, 1.82) is 0 Å². The van der Waals surface area contributed by atoms with E-state index in [0.717, 1.165) is 6.42 Å². The summed E-state index contributed by atoms with van der Waals surface area (Å²) >= 11 is 3.19. The standard InChI is InChI=1S/C13H14BrFN2O2/c14-9-5-6(15)1-2-7(9)13(18)17-11-10(16)8-3-4-19-12(8)11/h1-2,5,8,10-12H,3-4,16H2,(H,17,18). The second-order valence-corrected chi connectivity index (χ2v) is 5.84. The first-order valence-corrected chi connectivity index (χ1v) is 7.00. The van der Waals surface area contributed by atoms with Gasteiger partial charge in [-0.05, 0) is 40.5 Å². The lowest BCUT2D eigenvalue weighted by Crippen LogP contribution is -2.68.